The van der Waals surface area contributed by atoms with Crippen molar-refractivity contribution in [2.24, 2.45) is 0 Å². The standard InChI is InChI=1S/C12H13BrN2O/c13-8-4-3-6-9-11(8)16-12(15-9)10-5-1-2-7-14-10/h3-4,6,10,14H,1-2,5,7H2. The highest BCUT2D eigenvalue weighted by Crippen LogP contribution is 2.29. The van der Waals surface area contributed by atoms with Gasteiger partial charge in [0.15, 0.2) is 5.58 Å². The molecule has 1 fully saturated rings. The molecular weight excluding hydrogens is 268 g/mol. The second-order valence-electron chi connectivity index (χ2n) is 4.14. The molecule has 84 valence electrons. The lowest BCUT2D eigenvalue weighted by atomic mass is 10.1. The molecule has 3 nitrogen and oxygen atoms in total. The molecule has 0 spiro atoms. The lowest BCUT2D eigenvalue weighted by molar-refractivity contribution is 0.347. The SMILES string of the molecule is Brc1cccc2nc(C3CCCCN3)oc12. The molecule has 2 aromatic rings. The predicted molar refractivity (Wildman–Crippen MR) is 66.3 cm³/mol. The number of nitrogens with one attached hydrogen (secondary N) is 1. The third-order valence-electron chi connectivity index (χ3n) is 2.99. The van der Waals surface area contributed by atoms with E-state index >= 15 is 0 Å². The van der Waals surface area contributed by atoms with E-state index in [4.69, 9.17) is 4.42 Å². The summed E-state index contributed by atoms with van der Waals surface area (Å²) in [7, 11) is 0. The van der Waals surface area contributed by atoms with Gasteiger partial charge < -0.3 is 9.73 Å². The molecule has 1 saturated heterocycles. The number of para-hydroxylation sites is 1. The van der Waals surface area contributed by atoms with Crippen molar-refractivity contribution in [3.05, 3.63) is 28.6 Å². The molecule has 16 heavy (non-hydrogen) atoms. The van der Waals surface area contributed by atoms with Crippen molar-refractivity contribution < 1.29 is 4.42 Å². The van der Waals surface area contributed by atoms with Crippen molar-refractivity contribution in [1.82, 2.24) is 10.3 Å². The van der Waals surface area contributed by atoms with Crippen LogP contribution in [-0.4, -0.2) is 11.5 Å². The van der Waals surface area contributed by atoms with Crippen LogP contribution in [0.2, 0.25) is 0 Å². The number of rotatable bonds is 1. The van der Waals surface area contributed by atoms with Crippen LogP contribution in [0, 0.1) is 0 Å². The Bertz CT molecular complexity index is 503. The van der Waals surface area contributed by atoms with Gasteiger partial charge in [-0.25, -0.2) is 4.98 Å². The molecule has 0 amide bonds. The van der Waals surface area contributed by atoms with Crippen molar-refractivity contribution in [3.63, 3.8) is 0 Å². The number of fused-ring (bicyclic) bond motifs is 1. The normalized spacial score (nSPS) is 21.4. The second-order valence-corrected chi connectivity index (χ2v) is 5.00. The first-order valence-corrected chi connectivity index (χ1v) is 6.42. The summed E-state index contributed by atoms with van der Waals surface area (Å²) in [5, 5.41) is 3.44. The van der Waals surface area contributed by atoms with E-state index in [1.807, 2.05) is 18.2 Å². The highest BCUT2D eigenvalue weighted by molar-refractivity contribution is 9.10. The minimum atomic E-state index is 0.285. The Morgan fingerprint density at radius 2 is 2.31 bits per heavy atom. The van der Waals surface area contributed by atoms with Crippen molar-refractivity contribution in [1.29, 1.82) is 0 Å². The van der Waals surface area contributed by atoms with Gasteiger partial charge in [-0.2, -0.15) is 0 Å². The Morgan fingerprint density at radius 3 is 3.06 bits per heavy atom. The van der Waals surface area contributed by atoms with Crippen LogP contribution in [0.4, 0.5) is 0 Å². The zero-order valence-corrected chi connectivity index (χ0v) is 10.5. The van der Waals surface area contributed by atoms with E-state index in [-0.39, 0.29) is 6.04 Å². The average Bonchev–Trinajstić information content (AvgIpc) is 2.76. The molecule has 1 aromatic carbocycles. The summed E-state index contributed by atoms with van der Waals surface area (Å²) in [6, 6.07) is 6.22. The Morgan fingerprint density at radius 1 is 1.38 bits per heavy atom. The summed E-state index contributed by atoms with van der Waals surface area (Å²) < 4.78 is 6.79. The molecular formula is C12H13BrN2O. The highest BCUT2D eigenvalue weighted by Gasteiger charge is 2.20. The first kappa shape index (κ1) is 10.3. The van der Waals surface area contributed by atoms with E-state index in [1.54, 1.807) is 0 Å². The fourth-order valence-electron chi connectivity index (χ4n) is 2.14. The monoisotopic (exact) mass is 280 g/mol. The van der Waals surface area contributed by atoms with Crippen LogP contribution in [0.5, 0.6) is 0 Å². The maximum absolute atomic E-state index is 5.82. The first-order valence-electron chi connectivity index (χ1n) is 5.63. The van der Waals surface area contributed by atoms with Crippen LogP contribution in [-0.2, 0) is 0 Å². The lowest BCUT2D eigenvalue weighted by Crippen LogP contribution is -2.26. The van der Waals surface area contributed by atoms with E-state index in [2.05, 4.69) is 26.2 Å². The van der Waals surface area contributed by atoms with Crippen LogP contribution >= 0.6 is 15.9 Å². The van der Waals surface area contributed by atoms with Gasteiger partial charge in [0.05, 0.1) is 10.5 Å². The Kier molecular flexibility index (Phi) is 2.69. The number of aromatic nitrogens is 1. The molecule has 0 radical (unpaired) electrons. The molecule has 0 aliphatic carbocycles. The van der Waals surface area contributed by atoms with E-state index in [1.165, 1.54) is 12.8 Å². The maximum Gasteiger partial charge on any atom is 0.212 e. The maximum atomic E-state index is 5.82. The number of benzene rings is 1. The molecule has 2 heterocycles. The second kappa shape index (κ2) is 4.18. The largest absolute Gasteiger partial charge is 0.438 e. The van der Waals surface area contributed by atoms with Crippen molar-refractivity contribution >= 4 is 27.0 Å². The molecule has 1 aromatic heterocycles. The van der Waals surface area contributed by atoms with Gasteiger partial charge >= 0.3 is 0 Å². The van der Waals surface area contributed by atoms with Crippen molar-refractivity contribution in [2.45, 2.75) is 25.3 Å². The minimum absolute atomic E-state index is 0.285. The summed E-state index contributed by atoms with van der Waals surface area (Å²) in [6.07, 6.45) is 3.61. The molecule has 0 saturated carbocycles. The van der Waals surface area contributed by atoms with Gasteiger partial charge in [0.1, 0.15) is 5.52 Å². The molecule has 0 bridgehead atoms. The van der Waals surface area contributed by atoms with Gasteiger partial charge in [-0.15, -0.1) is 0 Å². The molecule has 1 unspecified atom stereocenters. The molecule has 3 rings (SSSR count). The number of piperidine rings is 1. The van der Waals surface area contributed by atoms with Gasteiger partial charge in [0.25, 0.3) is 0 Å². The van der Waals surface area contributed by atoms with E-state index in [0.29, 0.717) is 0 Å². The first-order chi connectivity index (χ1) is 7.84. The molecule has 1 atom stereocenters. The topological polar surface area (TPSA) is 38.1 Å². The number of oxazole rings is 1. The Labute approximate surface area is 102 Å². The summed E-state index contributed by atoms with van der Waals surface area (Å²) in [5.41, 5.74) is 1.78. The summed E-state index contributed by atoms with van der Waals surface area (Å²) >= 11 is 3.48. The summed E-state index contributed by atoms with van der Waals surface area (Å²) in [4.78, 5) is 4.54. The number of halogens is 1. The van der Waals surface area contributed by atoms with Crippen LogP contribution < -0.4 is 5.32 Å². The van der Waals surface area contributed by atoms with E-state index < -0.39 is 0 Å². The fraction of sp³-hybridized carbons (Fsp3) is 0.417. The fourth-order valence-corrected chi connectivity index (χ4v) is 2.58. The highest BCUT2D eigenvalue weighted by atomic mass is 79.9. The predicted octanol–water partition coefficient (Wildman–Crippen LogP) is 3.40. The zero-order chi connectivity index (χ0) is 11.0. The Hall–Kier alpha value is -0.870. The third-order valence-corrected chi connectivity index (χ3v) is 3.62. The van der Waals surface area contributed by atoms with Gasteiger partial charge in [-0.3, -0.25) is 0 Å². The number of nitrogens with zero attached hydrogens (tertiary/aromatic N) is 1. The zero-order valence-electron chi connectivity index (χ0n) is 8.87. The van der Waals surface area contributed by atoms with Gasteiger partial charge in [-0.1, -0.05) is 12.5 Å². The number of hydrogen-bond acceptors (Lipinski definition) is 3. The van der Waals surface area contributed by atoms with Crippen molar-refractivity contribution in [2.75, 3.05) is 6.54 Å². The minimum Gasteiger partial charge on any atom is -0.438 e. The molecule has 1 N–H and O–H groups in total. The van der Waals surface area contributed by atoms with Gasteiger partial charge in [-0.05, 0) is 47.4 Å². The lowest BCUT2D eigenvalue weighted by Gasteiger charge is -2.20. The summed E-state index contributed by atoms with van der Waals surface area (Å²) in [6.45, 7) is 1.06. The Balaban J connectivity index is 2.01. The summed E-state index contributed by atoms with van der Waals surface area (Å²) in [5.74, 6) is 0.821. The molecule has 4 heteroatoms. The van der Waals surface area contributed by atoms with Crippen LogP contribution in [0.1, 0.15) is 31.2 Å². The molecule has 1 aliphatic rings. The van der Waals surface area contributed by atoms with E-state index in [0.717, 1.165) is 34.4 Å². The van der Waals surface area contributed by atoms with Gasteiger partial charge in [0, 0.05) is 0 Å². The quantitative estimate of drug-likeness (QED) is 0.870. The number of hydrogen-bond donors (Lipinski definition) is 1. The average molecular weight is 281 g/mol. The van der Waals surface area contributed by atoms with Gasteiger partial charge in [0.2, 0.25) is 5.89 Å². The van der Waals surface area contributed by atoms with Crippen LogP contribution in [0.3, 0.4) is 0 Å². The van der Waals surface area contributed by atoms with Crippen molar-refractivity contribution in [3.8, 4) is 0 Å². The van der Waals surface area contributed by atoms with Crippen LogP contribution in [0.25, 0.3) is 11.1 Å². The van der Waals surface area contributed by atoms with Crippen LogP contribution in [0.15, 0.2) is 27.1 Å². The van der Waals surface area contributed by atoms with E-state index in [9.17, 15) is 0 Å². The molecule has 1 aliphatic heterocycles. The smallest absolute Gasteiger partial charge is 0.212 e. The third kappa shape index (κ3) is 1.76.